The smallest absolute Gasteiger partial charge is 0.362 e. The zero-order chi connectivity index (χ0) is 17.7. The molecule has 0 bridgehead atoms. The van der Waals surface area contributed by atoms with Crippen LogP contribution in [0.3, 0.4) is 0 Å². The highest BCUT2D eigenvalue weighted by atomic mass is 16.4. The number of carboxylic acids is 1. The van der Waals surface area contributed by atoms with Gasteiger partial charge in [0.25, 0.3) is 0 Å². The molecular formula is C23H15O3+. The molecule has 4 aromatic carbocycles. The zero-order valence-electron chi connectivity index (χ0n) is 13.9. The molecule has 5 aromatic rings. The lowest BCUT2D eigenvalue weighted by molar-refractivity contribution is -0.136. The maximum absolute atomic E-state index is 11.4. The van der Waals surface area contributed by atoms with Gasteiger partial charge in [0.2, 0.25) is 0 Å². The van der Waals surface area contributed by atoms with Crippen molar-refractivity contribution in [2.45, 2.75) is 6.42 Å². The van der Waals surface area contributed by atoms with Crippen molar-refractivity contribution < 1.29 is 14.3 Å². The molecule has 124 valence electrons. The van der Waals surface area contributed by atoms with Gasteiger partial charge in [0.1, 0.15) is 0 Å². The monoisotopic (exact) mass is 339 g/mol. The zero-order valence-corrected chi connectivity index (χ0v) is 13.9. The minimum absolute atomic E-state index is 0.00164. The molecular weight excluding hydrogens is 324 g/mol. The number of carbonyl (C=O) groups is 1. The highest BCUT2D eigenvalue weighted by molar-refractivity contribution is 6.23. The van der Waals surface area contributed by atoms with E-state index >= 15 is 0 Å². The van der Waals surface area contributed by atoms with Gasteiger partial charge in [0, 0.05) is 16.8 Å². The van der Waals surface area contributed by atoms with E-state index in [9.17, 15) is 9.90 Å². The number of carboxylic acid groups (broad SMARTS) is 1. The van der Waals surface area contributed by atoms with E-state index in [-0.39, 0.29) is 6.42 Å². The molecule has 0 saturated carbocycles. The Morgan fingerprint density at radius 3 is 2.50 bits per heavy atom. The van der Waals surface area contributed by atoms with E-state index in [2.05, 4.69) is 6.07 Å². The average Bonchev–Trinajstić information content (AvgIpc) is 2.66. The number of hydrogen-bond donors (Lipinski definition) is 1. The first-order valence-corrected chi connectivity index (χ1v) is 8.51. The predicted octanol–water partition coefficient (Wildman–Crippen LogP) is 5.75. The number of hydrogen-bond acceptors (Lipinski definition) is 1. The van der Waals surface area contributed by atoms with E-state index in [0.717, 1.165) is 49.4 Å². The fourth-order valence-corrected chi connectivity index (χ4v) is 3.79. The largest absolute Gasteiger partial charge is 0.481 e. The number of rotatable bonds is 3. The molecule has 0 atom stereocenters. The minimum atomic E-state index is -0.826. The molecule has 26 heavy (non-hydrogen) atoms. The second-order valence-electron chi connectivity index (χ2n) is 6.51. The van der Waals surface area contributed by atoms with Crippen molar-refractivity contribution in [3.63, 3.8) is 0 Å². The fraction of sp³-hybridized carbons (Fsp3) is 0.0435. The van der Waals surface area contributed by atoms with Gasteiger partial charge in [-0.15, -0.1) is 0 Å². The summed E-state index contributed by atoms with van der Waals surface area (Å²) >= 11 is 0. The number of benzene rings is 4. The maximum atomic E-state index is 11.4. The summed E-state index contributed by atoms with van der Waals surface area (Å²) in [6.45, 7) is 0. The minimum Gasteiger partial charge on any atom is -0.481 e. The third kappa shape index (κ3) is 2.21. The second-order valence-corrected chi connectivity index (χ2v) is 6.51. The lowest BCUT2D eigenvalue weighted by Crippen LogP contribution is -2.01. The Morgan fingerprint density at radius 2 is 1.69 bits per heavy atom. The normalized spacial score (nSPS) is 11.5. The maximum Gasteiger partial charge on any atom is 0.362 e. The molecule has 1 N–H and O–H groups in total. The van der Waals surface area contributed by atoms with Crippen LogP contribution in [-0.4, -0.2) is 11.1 Å². The van der Waals surface area contributed by atoms with Gasteiger partial charge < -0.3 is 5.11 Å². The average molecular weight is 339 g/mol. The molecule has 3 nitrogen and oxygen atoms in total. The van der Waals surface area contributed by atoms with Crippen LogP contribution in [0.2, 0.25) is 0 Å². The summed E-state index contributed by atoms with van der Waals surface area (Å²) in [6.07, 6.45) is 0.00164. The van der Waals surface area contributed by atoms with Crippen molar-refractivity contribution >= 4 is 38.5 Å². The summed E-state index contributed by atoms with van der Waals surface area (Å²) in [5.41, 5.74) is 2.64. The van der Waals surface area contributed by atoms with Crippen LogP contribution in [0.15, 0.2) is 77.2 Å². The van der Waals surface area contributed by atoms with E-state index in [1.165, 1.54) is 0 Å². The van der Waals surface area contributed by atoms with Crippen LogP contribution < -0.4 is 0 Å². The van der Waals surface area contributed by atoms with Crippen LogP contribution in [0, 0.1) is 0 Å². The quantitative estimate of drug-likeness (QED) is 0.336. The Kier molecular flexibility index (Phi) is 3.16. The Hall–Kier alpha value is -3.46. The van der Waals surface area contributed by atoms with Crippen molar-refractivity contribution in [2.75, 3.05) is 0 Å². The van der Waals surface area contributed by atoms with Crippen LogP contribution in [0.25, 0.3) is 43.8 Å². The summed E-state index contributed by atoms with van der Waals surface area (Å²) in [5.74, 6) is -0.0504. The van der Waals surface area contributed by atoms with Crippen molar-refractivity contribution in [1.29, 1.82) is 0 Å². The molecule has 0 fully saturated rings. The fourth-order valence-electron chi connectivity index (χ4n) is 3.79. The molecule has 0 aliphatic heterocycles. The molecule has 0 spiro atoms. The van der Waals surface area contributed by atoms with E-state index in [4.69, 9.17) is 4.42 Å². The third-order valence-corrected chi connectivity index (χ3v) is 4.88. The molecule has 0 saturated heterocycles. The van der Waals surface area contributed by atoms with Gasteiger partial charge in [0.15, 0.2) is 0 Å². The van der Waals surface area contributed by atoms with Gasteiger partial charge in [-0.25, -0.2) is 4.42 Å². The highest BCUT2D eigenvalue weighted by Crippen LogP contribution is 2.39. The van der Waals surface area contributed by atoms with E-state index < -0.39 is 5.97 Å². The number of aliphatic carboxylic acids is 1. The summed E-state index contributed by atoms with van der Waals surface area (Å²) in [6, 6.07) is 24.0. The summed E-state index contributed by atoms with van der Waals surface area (Å²) in [5, 5.41) is 14.5. The summed E-state index contributed by atoms with van der Waals surface area (Å²) in [7, 11) is 0. The molecule has 0 amide bonds. The Bertz CT molecular complexity index is 1270. The first kappa shape index (κ1) is 14.8. The van der Waals surface area contributed by atoms with Crippen molar-refractivity contribution in [3.8, 4) is 11.3 Å². The molecule has 0 unspecified atom stereocenters. The van der Waals surface area contributed by atoms with Gasteiger partial charge in [-0.1, -0.05) is 36.4 Å². The van der Waals surface area contributed by atoms with Crippen molar-refractivity contribution in [3.05, 3.63) is 78.4 Å². The second kappa shape index (κ2) is 5.53. The van der Waals surface area contributed by atoms with Gasteiger partial charge in [-0.05, 0) is 40.6 Å². The Labute approximate surface area is 149 Å². The van der Waals surface area contributed by atoms with Gasteiger partial charge in [-0.3, -0.25) is 4.79 Å². The van der Waals surface area contributed by atoms with Crippen LogP contribution in [-0.2, 0) is 11.2 Å². The highest BCUT2D eigenvalue weighted by Gasteiger charge is 2.22. The van der Waals surface area contributed by atoms with Crippen LogP contribution in [0.1, 0.15) is 5.56 Å². The van der Waals surface area contributed by atoms with Crippen molar-refractivity contribution in [1.82, 2.24) is 0 Å². The standard InChI is InChI=1S/C23H14O3/c24-21(25)13-16-11-17-12-20(14-5-2-1-3-6-14)26-19-10-9-15-7-4-8-18(16)22(15)23(17)19/h1-12H,13H2/p+1. The summed E-state index contributed by atoms with van der Waals surface area (Å²) < 4.78 is 6.20. The first-order valence-electron chi connectivity index (χ1n) is 8.51. The van der Waals surface area contributed by atoms with Gasteiger partial charge >= 0.3 is 17.3 Å². The Morgan fingerprint density at radius 1 is 0.846 bits per heavy atom. The predicted molar refractivity (Wildman–Crippen MR) is 104 cm³/mol. The van der Waals surface area contributed by atoms with Crippen molar-refractivity contribution in [2.24, 2.45) is 0 Å². The van der Waals surface area contributed by atoms with E-state index in [1.54, 1.807) is 0 Å². The molecule has 5 rings (SSSR count). The third-order valence-electron chi connectivity index (χ3n) is 4.88. The van der Waals surface area contributed by atoms with E-state index in [1.807, 2.05) is 66.7 Å². The van der Waals surface area contributed by atoms with E-state index in [0.29, 0.717) is 0 Å². The lowest BCUT2D eigenvalue weighted by Gasteiger charge is -2.10. The van der Waals surface area contributed by atoms with Crippen LogP contribution >= 0.6 is 0 Å². The van der Waals surface area contributed by atoms with Crippen LogP contribution in [0.5, 0.6) is 0 Å². The Balaban J connectivity index is 1.92. The summed E-state index contributed by atoms with van der Waals surface area (Å²) in [4.78, 5) is 11.4. The first-order chi connectivity index (χ1) is 12.7. The molecule has 0 radical (unpaired) electrons. The molecule has 3 heteroatoms. The van der Waals surface area contributed by atoms with Gasteiger partial charge in [0.05, 0.1) is 23.4 Å². The molecule has 1 aromatic heterocycles. The molecule has 0 aliphatic rings. The topological polar surface area (TPSA) is 48.6 Å². The van der Waals surface area contributed by atoms with Crippen LogP contribution in [0.4, 0.5) is 0 Å². The lowest BCUT2D eigenvalue weighted by atomic mass is 9.92. The molecule has 0 aliphatic carbocycles. The molecule has 1 heterocycles. The SMILES string of the molecule is O=C(O)Cc1cc2cc(-c3ccccc3)[o+]c3ccc4cccc1c4c23. The van der Waals surface area contributed by atoms with Gasteiger partial charge in [-0.2, -0.15) is 0 Å².